The molecular formula is C10H12BrNOS. The van der Waals surface area contributed by atoms with Crippen molar-refractivity contribution in [3.05, 3.63) is 22.7 Å². The zero-order chi connectivity index (χ0) is 9.97. The molecule has 1 aliphatic heterocycles. The van der Waals surface area contributed by atoms with E-state index in [0.717, 1.165) is 15.9 Å². The lowest BCUT2D eigenvalue weighted by atomic mass is 10.2. The highest BCUT2D eigenvalue weighted by Gasteiger charge is 2.18. The van der Waals surface area contributed by atoms with Crippen molar-refractivity contribution in [1.82, 2.24) is 0 Å². The van der Waals surface area contributed by atoms with Crippen LogP contribution in [0.4, 0.5) is 5.69 Å². The van der Waals surface area contributed by atoms with Crippen molar-refractivity contribution < 1.29 is 4.74 Å². The van der Waals surface area contributed by atoms with Crippen LogP contribution in [0.3, 0.4) is 0 Å². The van der Waals surface area contributed by atoms with Crippen LogP contribution in [0, 0.1) is 0 Å². The third-order valence-corrected chi connectivity index (χ3v) is 3.93. The van der Waals surface area contributed by atoms with Gasteiger partial charge in [0.05, 0.1) is 12.8 Å². The number of methoxy groups -OCH3 is 1. The summed E-state index contributed by atoms with van der Waals surface area (Å²) in [6.07, 6.45) is 0. The minimum atomic E-state index is 0.600. The first kappa shape index (κ1) is 10.2. The molecular weight excluding hydrogens is 262 g/mol. The molecule has 0 aromatic heterocycles. The fourth-order valence-corrected chi connectivity index (χ4v) is 2.33. The van der Waals surface area contributed by atoms with E-state index in [1.165, 1.54) is 11.5 Å². The van der Waals surface area contributed by atoms with E-state index in [-0.39, 0.29) is 0 Å². The normalized spacial score (nSPS) is 16.1. The molecule has 0 aliphatic carbocycles. The Labute approximate surface area is 96.5 Å². The second-order valence-corrected chi connectivity index (χ2v) is 5.21. The van der Waals surface area contributed by atoms with Gasteiger partial charge in [0.1, 0.15) is 5.75 Å². The molecule has 1 saturated heterocycles. The maximum atomic E-state index is 5.28. The Kier molecular flexibility index (Phi) is 3.23. The number of hydrogen-bond donors (Lipinski definition) is 1. The van der Waals surface area contributed by atoms with Crippen molar-refractivity contribution in [1.29, 1.82) is 0 Å². The van der Waals surface area contributed by atoms with Gasteiger partial charge >= 0.3 is 0 Å². The van der Waals surface area contributed by atoms with Gasteiger partial charge in [-0.2, -0.15) is 11.8 Å². The number of halogens is 1. The van der Waals surface area contributed by atoms with Crippen LogP contribution in [0.25, 0.3) is 0 Å². The van der Waals surface area contributed by atoms with Gasteiger partial charge in [0.2, 0.25) is 0 Å². The van der Waals surface area contributed by atoms with Crippen molar-refractivity contribution in [2.24, 2.45) is 0 Å². The second kappa shape index (κ2) is 4.45. The maximum absolute atomic E-state index is 5.28. The molecule has 1 aromatic rings. The summed E-state index contributed by atoms with van der Waals surface area (Å²) in [6, 6.07) is 6.61. The first-order valence-corrected chi connectivity index (χ1v) is 6.42. The minimum absolute atomic E-state index is 0.600. The summed E-state index contributed by atoms with van der Waals surface area (Å²) in [6.45, 7) is 0. The molecule has 1 fully saturated rings. The Hall–Kier alpha value is -0.350. The van der Waals surface area contributed by atoms with E-state index in [1.54, 1.807) is 7.11 Å². The first-order valence-electron chi connectivity index (χ1n) is 4.47. The van der Waals surface area contributed by atoms with Gasteiger partial charge in [-0.25, -0.2) is 0 Å². The van der Waals surface area contributed by atoms with Crippen LogP contribution in [0.5, 0.6) is 5.75 Å². The standard InChI is InChI=1S/C10H12BrNOS/c1-13-10-3-2-7(11)4-9(10)12-8-5-14-6-8/h2-4,8,12H,5-6H2,1H3. The van der Waals surface area contributed by atoms with Crippen molar-refractivity contribution >= 4 is 33.4 Å². The third-order valence-electron chi connectivity index (χ3n) is 2.16. The second-order valence-electron chi connectivity index (χ2n) is 3.22. The van der Waals surface area contributed by atoms with Gasteiger partial charge in [0.15, 0.2) is 0 Å². The molecule has 1 heterocycles. The molecule has 0 spiro atoms. The van der Waals surface area contributed by atoms with E-state index in [0.29, 0.717) is 6.04 Å². The lowest BCUT2D eigenvalue weighted by Gasteiger charge is -2.27. The molecule has 0 radical (unpaired) electrons. The Balaban J connectivity index is 2.15. The Morgan fingerprint density at radius 3 is 2.86 bits per heavy atom. The topological polar surface area (TPSA) is 21.3 Å². The summed E-state index contributed by atoms with van der Waals surface area (Å²) in [5, 5.41) is 3.46. The van der Waals surface area contributed by atoms with Crippen molar-refractivity contribution in [2.75, 3.05) is 23.9 Å². The monoisotopic (exact) mass is 273 g/mol. The molecule has 2 rings (SSSR count). The van der Waals surface area contributed by atoms with Crippen LogP contribution in [-0.4, -0.2) is 24.7 Å². The molecule has 0 bridgehead atoms. The molecule has 0 saturated carbocycles. The molecule has 1 N–H and O–H groups in total. The van der Waals surface area contributed by atoms with Crippen molar-refractivity contribution in [2.45, 2.75) is 6.04 Å². The largest absolute Gasteiger partial charge is 0.495 e. The average Bonchev–Trinajstić information content (AvgIpc) is 2.12. The van der Waals surface area contributed by atoms with E-state index < -0.39 is 0 Å². The lowest BCUT2D eigenvalue weighted by molar-refractivity contribution is 0.416. The van der Waals surface area contributed by atoms with Crippen LogP contribution in [-0.2, 0) is 0 Å². The van der Waals surface area contributed by atoms with Crippen LogP contribution >= 0.6 is 27.7 Å². The number of rotatable bonds is 3. The van der Waals surface area contributed by atoms with Crippen LogP contribution in [0.2, 0.25) is 0 Å². The Bertz CT molecular complexity index is 328. The number of ether oxygens (including phenoxy) is 1. The highest BCUT2D eigenvalue weighted by Crippen LogP contribution is 2.31. The molecule has 0 unspecified atom stereocenters. The van der Waals surface area contributed by atoms with E-state index in [9.17, 15) is 0 Å². The van der Waals surface area contributed by atoms with E-state index >= 15 is 0 Å². The first-order chi connectivity index (χ1) is 6.79. The summed E-state index contributed by atoms with van der Waals surface area (Å²) < 4.78 is 6.36. The Morgan fingerprint density at radius 1 is 1.50 bits per heavy atom. The summed E-state index contributed by atoms with van der Waals surface area (Å²) in [5.41, 5.74) is 1.08. The zero-order valence-corrected chi connectivity index (χ0v) is 10.3. The van der Waals surface area contributed by atoms with Gasteiger partial charge in [0, 0.05) is 22.0 Å². The number of nitrogens with one attached hydrogen (secondary N) is 1. The zero-order valence-electron chi connectivity index (χ0n) is 7.92. The summed E-state index contributed by atoms with van der Waals surface area (Å²) in [7, 11) is 1.70. The molecule has 1 aliphatic rings. The number of thioether (sulfide) groups is 1. The molecule has 4 heteroatoms. The van der Waals surface area contributed by atoms with E-state index in [2.05, 4.69) is 27.3 Å². The highest BCUT2D eigenvalue weighted by molar-refractivity contribution is 9.10. The Morgan fingerprint density at radius 2 is 2.29 bits per heavy atom. The molecule has 0 atom stereocenters. The van der Waals surface area contributed by atoms with Crippen molar-refractivity contribution in [3.8, 4) is 5.75 Å². The van der Waals surface area contributed by atoms with Gasteiger partial charge in [-0.1, -0.05) is 15.9 Å². The van der Waals surface area contributed by atoms with Gasteiger partial charge in [-0.15, -0.1) is 0 Å². The van der Waals surface area contributed by atoms with Crippen molar-refractivity contribution in [3.63, 3.8) is 0 Å². The van der Waals surface area contributed by atoms with Gasteiger partial charge < -0.3 is 10.1 Å². The van der Waals surface area contributed by atoms with Crippen LogP contribution in [0.1, 0.15) is 0 Å². The molecule has 76 valence electrons. The van der Waals surface area contributed by atoms with Gasteiger partial charge in [0.25, 0.3) is 0 Å². The maximum Gasteiger partial charge on any atom is 0.142 e. The molecule has 14 heavy (non-hydrogen) atoms. The smallest absolute Gasteiger partial charge is 0.142 e. The lowest BCUT2D eigenvalue weighted by Crippen LogP contribution is -2.33. The average molecular weight is 274 g/mol. The van der Waals surface area contributed by atoms with Gasteiger partial charge in [-0.3, -0.25) is 0 Å². The van der Waals surface area contributed by atoms with E-state index in [4.69, 9.17) is 4.74 Å². The quantitative estimate of drug-likeness (QED) is 0.915. The predicted octanol–water partition coefficient (Wildman–Crippen LogP) is 2.99. The molecule has 2 nitrogen and oxygen atoms in total. The molecule has 1 aromatic carbocycles. The fourth-order valence-electron chi connectivity index (χ4n) is 1.33. The fraction of sp³-hybridized carbons (Fsp3) is 0.400. The summed E-state index contributed by atoms with van der Waals surface area (Å²) in [5.74, 6) is 3.29. The minimum Gasteiger partial charge on any atom is -0.495 e. The highest BCUT2D eigenvalue weighted by atomic mass is 79.9. The van der Waals surface area contributed by atoms with Gasteiger partial charge in [-0.05, 0) is 18.2 Å². The summed E-state index contributed by atoms with van der Waals surface area (Å²) in [4.78, 5) is 0. The predicted molar refractivity (Wildman–Crippen MR) is 65.4 cm³/mol. The SMILES string of the molecule is COc1ccc(Br)cc1NC1CSC1. The van der Waals surface area contributed by atoms with E-state index in [1.807, 2.05) is 23.9 Å². The third kappa shape index (κ3) is 2.17. The summed E-state index contributed by atoms with van der Waals surface area (Å²) >= 11 is 5.42. The van der Waals surface area contributed by atoms with Crippen LogP contribution < -0.4 is 10.1 Å². The number of hydrogen-bond acceptors (Lipinski definition) is 3. The number of benzene rings is 1. The van der Waals surface area contributed by atoms with Crippen LogP contribution in [0.15, 0.2) is 22.7 Å². The number of anilines is 1. The molecule has 0 amide bonds.